The summed E-state index contributed by atoms with van der Waals surface area (Å²) < 4.78 is 14.5. The lowest BCUT2D eigenvalue weighted by Gasteiger charge is -2.19. The van der Waals surface area contributed by atoms with Gasteiger partial charge in [0, 0.05) is 9.61 Å². The van der Waals surface area contributed by atoms with Crippen LogP contribution in [0.25, 0.3) is 0 Å². The Balaban J connectivity index is 2.19. The SMILES string of the molecule is CCCNC(Cc1cccc(F)c1)c1cccc(I)c1. The summed E-state index contributed by atoms with van der Waals surface area (Å²) in [5.41, 5.74) is 2.28. The summed E-state index contributed by atoms with van der Waals surface area (Å²) in [6.07, 6.45) is 1.89. The van der Waals surface area contributed by atoms with Crippen LogP contribution < -0.4 is 5.32 Å². The average molecular weight is 383 g/mol. The molecule has 0 saturated carbocycles. The van der Waals surface area contributed by atoms with Crippen LogP contribution in [-0.4, -0.2) is 6.54 Å². The van der Waals surface area contributed by atoms with Crippen LogP contribution in [-0.2, 0) is 6.42 Å². The fourth-order valence-electron chi connectivity index (χ4n) is 2.25. The fourth-order valence-corrected chi connectivity index (χ4v) is 2.82. The van der Waals surface area contributed by atoms with E-state index in [0.29, 0.717) is 0 Å². The second-order valence-electron chi connectivity index (χ2n) is 4.90. The first kappa shape index (κ1) is 15.4. The van der Waals surface area contributed by atoms with Crippen LogP contribution in [0.4, 0.5) is 4.39 Å². The van der Waals surface area contributed by atoms with Crippen LogP contribution in [0.1, 0.15) is 30.5 Å². The molecule has 0 bridgehead atoms. The van der Waals surface area contributed by atoms with E-state index in [1.54, 1.807) is 12.1 Å². The zero-order chi connectivity index (χ0) is 14.4. The van der Waals surface area contributed by atoms with Crippen molar-refractivity contribution in [2.45, 2.75) is 25.8 Å². The largest absolute Gasteiger partial charge is 0.310 e. The molecule has 0 aliphatic heterocycles. The van der Waals surface area contributed by atoms with Crippen LogP contribution in [0.15, 0.2) is 48.5 Å². The van der Waals surface area contributed by atoms with E-state index in [9.17, 15) is 4.39 Å². The highest BCUT2D eigenvalue weighted by atomic mass is 127. The maximum absolute atomic E-state index is 13.3. The third-order valence-electron chi connectivity index (χ3n) is 3.22. The number of hydrogen-bond acceptors (Lipinski definition) is 1. The van der Waals surface area contributed by atoms with Gasteiger partial charge in [-0.15, -0.1) is 0 Å². The summed E-state index contributed by atoms with van der Waals surface area (Å²) in [6.45, 7) is 3.12. The van der Waals surface area contributed by atoms with E-state index in [2.05, 4.69) is 59.1 Å². The van der Waals surface area contributed by atoms with Crippen LogP contribution in [0.3, 0.4) is 0 Å². The lowest BCUT2D eigenvalue weighted by molar-refractivity contribution is 0.527. The first-order valence-corrected chi connectivity index (χ1v) is 8.00. The number of rotatable bonds is 6. The maximum Gasteiger partial charge on any atom is 0.123 e. The smallest absolute Gasteiger partial charge is 0.123 e. The molecule has 0 aliphatic rings. The molecule has 106 valence electrons. The lowest BCUT2D eigenvalue weighted by Crippen LogP contribution is -2.24. The van der Waals surface area contributed by atoms with Crippen molar-refractivity contribution in [1.82, 2.24) is 5.32 Å². The third kappa shape index (κ3) is 4.56. The summed E-state index contributed by atoms with van der Waals surface area (Å²) in [7, 11) is 0. The van der Waals surface area contributed by atoms with E-state index in [1.807, 2.05) is 6.07 Å². The van der Waals surface area contributed by atoms with Gasteiger partial charge in [0.2, 0.25) is 0 Å². The van der Waals surface area contributed by atoms with Crippen molar-refractivity contribution in [3.05, 3.63) is 69.0 Å². The molecule has 0 amide bonds. The van der Waals surface area contributed by atoms with Gasteiger partial charge in [-0.2, -0.15) is 0 Å². The molecular formula is C17H19FIN. The van der Waals surface area contributed by atoms with Gasteiger partial charge in [0.25, 0.3) is 0 Å². The number of benzene rings is 2. The Bertz CT molecular complexity index is 556. The van der Waals surface area contributed by atoms with Crippen LogP contribution in [0.2, 0.25) is 0 Å². The van der Waals surface area contributed by atoms with E-state index < -0.39 is 0 Å². The molecular weight excluding hydrogens is 364 g/mol. The van der Waals surface area contributed by atoms with Gasteiger partial charge in [-0.25, -0.2) is 4.39 Å². The van der Waals surface area contributed by atoms with E-state index in [0.717, 1.165) is 24.9 Å². The summed E-state index contributed by atoms with van der Waals surface area (Å²) in [4.78, 5) is 0. The standard InChI is InChI=1S/C17H19FIN/c1-2-9-20-17(14-6-4-8-16(19)12-14)11-13-5-3-7-15(18)10-13/h3-8,10,12,17,20H,2,9,11H2,1H3. The van der Waals surface area contributed by atoms with Gasteiger partial charge >= 0.3 is 0 Å². The number of halogens is 2. The van der Waals surface area contributed by atoms with Gasteiger partial charge in [-0.1, -0.05) is 31.2 Å². The molecule has 0 heterocycles. The predicted octanol–water partition coefficient (Wildman–Crippen LogP) is 4.71. The highest BCUT2D eigenvalue weighted by Crippen LogP contribution is 2.21. The Morgan fingerprint density at radius 2 is 1.95 bits per heavy atom. The van der Waals surface area contributed by atoms with Crippen molar-refractivity contribution in [2.24, 2.45) is 0 Å². The Morgan fingerprint density at radius 3 is 2.65 bits per heavy atom. The first-order chi connectivity index (χ1) is 9.69. The van der Waals surface area contributed by atoms with E-state index in [4.69, 9.17) is 0 Å². The minimum Gasteiger partial charge on any atom is -0.310 e. The predicted molar refractivity (Wildman–Crippen MR) is 90.3 cm³/mol. The van der Waals surface area contributed by atoms with Gasteiger partial charge < -0.3 is 5.32 Å². The first-order valence-electron chi connectivity index (χ1n) is 6.92. The molecule has 0 radical (unpaired) electrons. The Labute approximate surface area is 133 Å². The van der Waals surface area contributed by atoms with Gasteiger partial charge in [-0.3, -0.25) is 0 Å². The van der Waals surface area contributed by atoms with Gasteiger partial charge in [0.15, 0.2) is 0 Å². The topological polar surface area (TPSA) is 12.0 Å². The average Bonchev–Trinajstić information content (AvgIpc) is 2.43. The zero-order valence-corrected chi connectivity index (χ0v) is 13.7. The number of nitrogens with one attached hydrogen (secondary N) is 1. The van der Waals surface area contributed by atoms with E-state index >= 15 is 0 Å². The Kier molecular flexibility index (Phi) is 5.98. The summed E-state index contributed by atoms with van der Waals surface area (Å²) >= 11 is 2.33. The van der Waals surface area contributed by atoms with Crippen molar-refractivity contribution in [3.63, 3.8) is 0 Å². The molecule has 2 aromatic carbocycles. The normalized spacial score (nSPS) is 12.3. The summed E-state index contributed by atoms with van der Waals surface area (Å²) in [6, 6.07) is 15.6. The second kappa shape index (κ2) is 7.74. The maximum atomic E-state index is 13.3. The number of hydrogen-bond donors (Lipinski definition) is 1. The van der Waals surface area contributed by atoms with Crippen LogP contribution in [0, 0.1) is 9.39 Å². The molecule has 3 heteroatoms. The van der Waals surface area contributed by atoms with Crippen LogP contribution in [0.5, 0.6) is 0 Å². The molecule has 1 unspecified atom stereocenters. The van der Waals surface area contributed by atoms with Crippen molar-refractivity contribution < 1.29 is 4.39 Å². The molecule has 0 spiro atoms. The second-order valence-corrected chi connectivity index (χ2v) is 6.14. The van der Waals surface area contributed by atoms with Crippen molar-refractivity contribution in [3.8, 4) is 0 Å². The zero-order valence-electron chi connectivity index (χ0n) is 11.6. The molecule has 2 rings (SSSR count). The molecule has 0 saturated heterocycles. The minimum absolute atomic E-state index is 0.167. The van der Waals surface area contributed by atoms with Crippen LogP contribution >= 0.6 is 22.6 Å². The third-order valence-corrected chi connectivity index (χ3v) is 3.89. The lowest BCUT2D eigenvalue weighted by atomic mass is 9.98. The van der Waals surface area contributed by atoms with E-state index in [-0.39, 0.29) is 11.9 Å². The molecule has 20 heavy (non-hydrogen) atoms. The fraction of sp³-hybridized carbons (Fsp3) is 0.294. The highest BCUT2D eigenvalue weighted by Gasteiger charge is 2.12. The molecule has 1 N–H and O–H groups in total. The van der Waals surface area contributed by atoms with E-state index in [1.165, 1.54) is 15.2 Å². The molecule has 1 atom stereocenters. The molecule has 1 nitrogen and oxygen atoms in total. The van der Waals surface area contributed by atoms with Gasteiger partial charge in [0.05, 0.1) is 0 Å². The summed E-state index contributed by atoms with van der Waals surface area (Å²) in [5.74, 6) is -0.167. The van der Waals surface area contributed by atoms with Crippen molar-refractivity contribution in [1.29, 1.82) is 0 Å². The molecule has 0 fully saturated rings. The Hall–Kier alpha value is -0.940. The van der Waals surface area contributed by atoms with Gasteiger partial charge in [-0.05, 0) is 77.4 Å². The molecule has 2 aromatic rings. The van der Waals surface area contributed by atoms with Crippen molar-refractivity contribution in [2.75, 3.05) is 6.54 Å². The van der Waals surface area contributed by atoms with Crippen molar-refractivity contribution >= 4 is 22.6 Å². The molecule has 0 aromatic heterocycles. The summed E-state index contributed by atoms with van der Waals surface area (Å²) in [5, 5.41) is 3.56. The highest BCUT2D eigenvalue weighted by molar-refractivity contribution is 14.1. The quantitative estimate of drug-likeness (QED) is 0.713. The minimum atomic E-state index is -0.167. The Morgan fingerprint density at radius 1 is 1.15 bits per heavy atom. The molecule has 0 aliphatic carbocycles. The van der Waals surface area contributed by atoms with Gasteiger partial charge in [0.1, 0.15) is 5.82 Å². The monoisotopic (exact) mass is 383 g/mol.